The van der Waals surface area contributed by atoms with Crippen LogP contribution in [0.2, 0.25) is 0 Å². The smallest absolute Gasteiger partial charge is 0.164 e. The van der Waals surface area contributed by atoms with E-state index in [1.807, 2.05) is 13.8 Å². The summed E-state index contributed by atoms with van der Waals surface area (Å²) in [4.78, 5) is 0. The van der Waals surface area contributed by atoms with Crippen LogP contribution in [-0.2, 0) is 18.9 Å². The summed E-state index contributed by atoms with van der Waals surface area (Å²) in [5, 5.41) is 0. The quantitative estimate of drug-likeness (QED) is 0.721. The third-order valence-electron chi connectivity index (χ3n) is 4.71. The first-order valence-corrected chi connectivity index (χ1v) is 6.73. The van der Waals surface area contributed by atoms with Crippen molar-refractivity contribution in [2.75, 3.05) is 7.11 Å². The van der Waals surface area contributed by atoms with Crippen molar-refractivity contribution in [2.45, 2.75) is 82.3 Å². The van der Waals surface area contributed by atoms with Crippen LogP contribution >= 0.6 is 0 Å². The van der Waals surface area contributed by atoms with E-state index in [-0.39, 0.29) is 29.0 Å². The van der Waals surface area contributed by atoms with Crippen LogP contribution < -0.4 is 0 Å². The fourth-order valence-corrected chi connectivity index (χ4v) is 4.27. The molecule has 0 radical (unpaired) electrons. The Labute approximate surface area is 109 Å². The van der Waals surface area contributed by atoms with E-state index in [1.165, 1.54) is 0 Å². The molecule has 3 fully saturated rings. The van der Waals surface area contributed by atoms with Crippen LogP contribution in [0.3, 0.4) is 0 Å². The number of hydrogen-bond donors (Lipinski definition) is 0. The molecular weight excluding hydrogens is 232 g/mol. The number of ether oxygens (including phenoxy) is 4. The van der Waals surface area contributed by atoms with Gasteiger partial charge in [0.05, 0.1) is 16.8 Å². The van der Waals surface area contributed by atoms with Crippen LogP contribution in [0.15, 0.2) is 0 Å². The highest BCUT2D eigenvalue weighted by Gasteiger charge is 2.70. The van der Waals surface area contributed by atoms with Crippen molar-refractivity contribution >= 4 is 0 Å². The van der Waals surface area contributed by atoms with E-state index in [0.717, 1.165) is 12.8 Å². The molecule has 1 unspecified atom stereocenters. The second-order valence-corrected chi connectivity index (χ2v) is 7.21. The third-order valence-corrected chi connectivity index (χ3v) is 4.71. The van der Waals surface area contributed by atoms with Crippen LogP contribution in [0.4, 0.5) is 0 Å². The molecule has 2 bridgehead atoms. The maximum Gasteiger partial charge on any atom is 0.164 e. The van der Waals surface area contributed by atoms with Gasteiger partial charge in [-0.3, -0.25) is 0 Å². The SMILES string of the molecule is COC1(C)C[C@@]2(C)O[C@@](C)(C1)[C@@H]1OC(C)(C)O[C@@H]12. The lowest BCUT2D eigenvalue weighted by atomic mass is 9.81. The maximum atomic E-state index is 6.30. The summed E-state index contributed by atoms with van der Waals surface area (Å²) in [5.41, 5.74) is -0.810. The van der Waals surface area contributed by atoms with Gasteiger partial charge in [-0.2, -0.15) is 0 Å². The normalized spacial score (nSPS) is 57.7. The number of rotatable bonds is 1. The molecule has 104 valence electrons. The van der Waals surface area contributed by atoms with Crippen LogP contribution in [0.25, 0.3) is 0 Å². The van der Waals surface area contributed by atoms with Gasteiger partial charge in [-0.05, 0) is 34.6 Å². The third kappa shape index (κ3) is 1.59. The van der Waals surface area contributed by atoms with E-state index < -0.39 is 5.79 Å². The summed E-state index contributed by atoms with van der Waals surface area (Å²) in [6.45, 7) is 10.3. The lowest BCUT2D eigenvalue weighted by Gasteiger charge is -2.47. The molecule has 0 amide bonds. The van der Waals surface area contributed by atoms with Gasteiger partial charge in [0.1, 0.15) is 12.2 Å². The Hall–Kier alpha value is -0.160. The summed E-state index contributed by atoms with van der Waals surface area (Å²) in [6, 6.07) is 0. The van der Waals surface area contributed by atoms with E-state index in [0.29, 0.717) is 0 Å². The van der Waals surface area contributed by atoms with Gasteiger partial charge in [0.2, 0.25) is 0 Å². The molecule has 0 aromatic carbocycles. The Morgan fingerprint density at radius 2 is 1.33 bits per heavy atom. The second-order valence-electron chi connectivity index (χ2n) is 7.21. The molecule has 0 aromatic heterocycles. The Bertz CT molecular complexity index is 352. The molecule has 5 atom stereocenters. The minimum Gasteiger partial charge on any atom is -0.378 e. The van der Waals surface area contributed by atoms with Crippen molar-refractivity contribution in [1.29, 1.82) is 0 Å². The zero-order chi connectivity index (χ0) is 13.4. The van der Waals surface area contributed by atoms with Crippen LogP contribution in [0, 0.1) is 0 Å². The standard InChI is InChI=1S/C14H24O4/c1-11(2)16-9-10(17-11)14(5)8-12(3,15-6)7-13(9,4)18-14/h9-10H,7-8H2,1-6H3/t9-,10+,12?,13+,14-. The summed E-state index contributed by atoms with van der Waals surface area (Å²) < 4.78 is 24.2. The Morgan fingerprint density at radius 1 is 0.889 bits per heavy atom. The van der Waals surface area contributed by atoms with Crippen molar-refractivity contribution in [3.8, 4) is 0 Å². The number of hydrogen-bond acceptors (Lipinski definition) is 4. The van der Waals surface area contributed by atoms with Gasteiger partial charge in [0, 0.05) is 20.0 Å². The molecule has 3 aliphatic rings. The van der Waals surface area contributed by atoms with Crippen molar-refractivity contribution in [2.24, 2.45) is 0 Å². The average molecular weight is 256 g/mol. The van der Waals surface area contributed by atoms with Gasteiger partial charge in [0.25, 0.3) is 0 Å². The van der Waals surface area contributed by atoms with Gasteiger partial charge in [-0.25, -0.2) is 0 Å². The minimum atomic E-state index is -0.511. The Morgan fingerprint density at radius 3 is 1.72 bits per heavy atom. The minimum absolute atomic E-state index is 0.00512. The van der Waals surface area contributed by atoms with Gasteiger partial charge >= 0.3 is 0 Å². The molecule has 0 aliphatic carbocycles. The zero-order valence-corrected chi connectivity index (χ0v) is 12.2. The first kappa shape index (κ1) is 12.9. The molecule has 0 N–H and O–H groups in total. The summed E-state index contributed by atoms with van der Waals surface area (Å²) in [5.74, 6) is -0.511. The second kappa shape index (κ2) is 3.29. The summed E-state index contributed by atoms with van der Waals surface area (Å²) >= 11 is 0. The zero-order valence-electron chi connectivity index (χ0n) is 12.2. The summed E-state index contributed by atoms with van der Waals surface area (Å²) in [6.07, 6.45) is 1.67. The average Bonchev–Trinajstić information content (AvgIpc) is 2.60. The van der Waals surface area contributed by atoms with Gasteiger partial charge in [0.15, 0.2) is 5.79 Å². The molecule has 3 heterocycles. The predicted molar refractivity (Wildman–Crippen MR) is 66.4 cm³/mol. The van der Waals surface area contributed by atoms with E-state index >= 15 is 0 Å². The van der Waals surface area contributed by atoms with E-state index in [4.69, 9.17) is 18.9 Å². The highest BCUT2D eigenvalue weighted by atomic mass is 16.8. The molecule has 0 spiro atoms. The van der Waals surface area contributed by atoms with Gasteiger partial charge < -0.3 is 18.9 Å². The lowest BCUT2D eigenvalue weighted by molar-refractivity contribution is -0.268. The van der Waals surface area contributed by atoms with E-state index in [9.17, 15) is 0 Å². The topological polar surface area (TPSA) is 36.9 Å². The predicted octanol–water partition coefficient (Wildman–Crippen LogP) is 2.25. The van der Waals surface area contributed by atoms with Gasteiger partial charge in [-0.1, -0.05) is 0 Å². The molecule has 18 heavy (non-hydrogen) atoms. The highest BCUT2D eigenvalue weighted by molar-refractivity contribution is 5.17. The Balaban J connectivity index is 1.99. The van der Waals surface area contributed by atoms with Crippen LogP contribution in [0.1, 0.15) is 47.5 Å². The van der Waals surface area contributed by atoms with Crippen molar-refractivity contribution in [3.63, 3.8) is 0 Å². The molecule has 0 saturated carbocycles. The fraction of sp³-hybridized carbons (Fsp3) is 1.00. The number of methoxy groups -OCH3 is 1. The summed E-state index contributed by atoms with van der Waals surface area (Å²) in [7, 11) is 1.78. The van der Waals surface area contributed by atoms with E-state index in [2.05, 4.69) is 20.8 Å². The molecule has 4 nitrogen and oxygen atoms in total. The molecule has 3 aliphatic heterocycles. The number of fused-ring (bicyclic) bond motifs is 5. The molecule has 3 rings (SSSR count). The van der Waals surface area contributed by atoms with Gasteiger partial charge in [-0.15, -0.1) is 0 Å². The molecule has 4 heteroatoms. The van der Waals surface area contributed by atoms with Crippen LogP contribution in [-0.4, -0.2) is 41.9 Å². The van der Waals surface area contributed by atoms with Crippen molar-refractivity contribution in [3.05, 3.63) is 0 Å². The first-order valence-electron chi connectivity index (χ1n) is 6.73. The Kier molecular flexibility index (Phi) is 2.35. The lowest BCUT2D eigenvalue weighted by Crippen LogP contribution is -2.54. The highest BCUT2D eigenvalue weighted by Crippen LogP contribution is 2.58. The maximum absolute atomic E-state index is 6.30. The van der Waals surface area contributed by atoms with Crippen molar-refractivity contribution in [1.82, 2.24) is 0 Å². The first-order chi connectivity index (χ1) is 8.12. The molecule has 3 saturated heterocycles. The largest absolute Gasteiger partial charge is 0.378 e. The fourth-order valence-electron chi connectivity index (χ4n) is 4.27. The molecular formula is C14H24O4. The van der Waals surface area contributed by atoms with E-state index in [1.54, 1.807) is 7.11 Å². The van der Waals surface area contributed by atoms with Crippen molar-refractivity contribution < 1.29 is 18.9 Å². The molecule has 0 aromatic rings. The monoisotopic (exact) mass is 256 g/mol. The van der Waals surface area contributed by atoms with Crippen LogP contribution in [0.5, 0.6) is 0 Å².